The van der Waals surface area contributed by atoms with Crippen molar-refractivity contribution in [3.8, 4) is 5.75 Å². The third kappa shape index (κ3) is 3.50. The summed E-state index contributed by atoms with van der Waals surface area (Å²) < 4.78 is 18.9. The Morgan fingerprint density at radius 2 is 2.19 bits per heavy atom. The van der Waals surface area contributed by atoms with Gasteiger partial charge in [-0.3, -0.25) is 20.5 Å². The second-order valence-electron chi connectivity index (χ2n) is 4.12. The number of nitro benzene ring substituents is 1. The second-order valence-corrected chi connectivity index (χ2v) is 4.12. The molecule has 8 heteroatoms. The van der Waals surface area contributed by atoms with E-state index in [1.807, 2.05) is 0 Å². The van der Waals surface area contributed by atoms with Crippen molar-refractivity contribution in [1.29, 1.82) is 5.41 Å². The van der Waals surface area contributed by atoms with Crippen molar-refractivity contribution in [3.05, 3.63) is 63.7 Å². The number of pyridine rings is 1. The number of nitrogens with one attached hydrogen (secondary N) is 1. The molecule has 1 aromatic carbocycles. The highest BCUT2D eigenvalue weighted by Gasteiger charge is 2.11. The highest BCUT2D eigenvalue weighted by molar-refractivity contribution is 5.93. The van der Waals surface area contributed by atoms with Crippen LogP contribution in [-0.2, 0) is 6.61 Å². The molecule has 2 aromatic rings. The first-order valence-corrected chi connectivity index (χ1v) is 5.83. The molecule has 0 saturated heterocycles. The Morgan fingerprint density at radius 1 is 1.43 bits per heavy atom. The van der Waals surface area contributed by atoms with Gasteiger partial charge in [0.05, 0.1) is 11.0 Å². The number of benzene rings is 1. The molecule has 0 amide bonds. The zero-order valence-electron chi connectivity index (χ0n) is 10.7. The van der Waals surface area contributed by atoms with Gasteiger partial charge in [0.15, 0.2) is 11.6 Å². The predicted molar refractivity (Wildman–Crippen MR) is 72.6 cm³/mol. The minimum Gasteiger partial charge on any atom is -0.486 e. The Kier molecular flexibility index (Phi) is 4.07. The summed E-state index contributed by atoms with van der Waals surface area (Å²) in [6.45, 7) is 0.0253. The number of rotatable bonds is 5. The van der Waals surface area contributed by atoms with Gasteiger partial charge in [-0.05, 0) is 23.8 Å². The third-order valence-electron chi connectivity index (χ3n) is 2.62. The summed E-state index contributed by atoms with van der Waals surface area (Å²) in [5, 5.41) is 17.8. The van der Waals surface area contributed by atoms with Crippen LogP contribution in [0.5, 0.6) is 5.75 Å². The molecule has 0 radical (unpaired) electrons. The minimum atomic E-state index is -0.815. The average molecular weight is 290 g/mol. The Bertz CT molecular complexity index is 706. The lowest BCUT2D eigenvalue weighted by molar-refractivity contribution is -0.385. The van der Waals surface area contributed by atoms with Gasteiger partial charge in [0.1, 0.15) is 18.1 Å². The summed E-state index contributed by atoms with van der Waals surface area (Å²) in [5.41, 5.74) is 5.91. The number of nitro groups is 1. The number of amidine groups is 1. The molecule has 108 valence electrons. The van der Waals surface area contributed by atoms with Crippen LogP contribution in [0.15, 0.2) is 36.5 Å². The van der Waals surface area contributed by atoms with Crippen molar-refractivity contribution in [2.45, 2.75) is 6.61 Å². The lowest BCUT2D eigenvalue weighted by Gasteiger charge is -2.08. The summed E-state index contributed by atoms with van der Waals surface area (Å²) in [4.78, 5) is 13.7. The molecule has 0 bridgehead atoms. The van der Waals surface area contributed by atoms with Crippen LogP contribution in [0.4, 0.5) is 10.1 Å². The summed E-state index contributed by atoms with van der Waals surface area (Å²) >= 11 is 0. The first kappa shape index (κ1) is 14.4. The SMILES string of the molecule is N=C(N)c1cc(COc2ccc([N+](=O)[O-])cc2F)ccn1. The van der Waals surface area contributed by atoms with Gasteiger partial charge in [-0.2, -0.15) is 0 Å². The van der Waals surface area contributed by atoms with Gasteiger partial charge in [0.25, 0.3) is 5.69 Å². The van der Waals surface area contributed by atoms with Gasteiger partial charge in [-0.1, -0.05) is 0 Å². The fourth-order valence-corrected chi connectivity index (χ4v) is 1.59. The van der Waals surface area contributed by atoms with Crippen LogP contribution >= 0.6 is 0 Å². The first-order valence-electron chi connectivity index (χ1n) is 5.83. The summed E-state index contributed by atoms with van der Waals surface area (Å²) in [6, 6.07) is 6.33. The smallest absolute Gasteiger partial charge is 0.272 e. The largest absolute Gasteiger partial charge is 0.486 e. The number of halogens is 1. The molecular weight excluding hydrogens is 279 g/mol. The van der Waals surface area contributed by atoms with Gasteiger partial charge in [-0.25, -0.2) is 4.39 Å². The van der Waals surface area contributed by atoms with Gasteiger partial charge in [0.2, 0.25) is 0 Å². The first-order chi connectivity index (χ1) is 9.97. The number of hydrogen-bond donors (Lipinski definition) is 2. The molecule has 1 aromatic heterocycles. The van der Waals surface area contributed by atoms with Crippen molar-refractivity contribution >= 4 is 11.5 Å². The highest BCUT2D eigenvalue weighted by atomic mass is 19.1. The number of nitrogens with zero attached hydrogens (tertiary/aromatic N) is 2. The average Bonchev–Trinajstić information content (AvgIpc) is 2.46. The fraction of sp³-hybridized carbons (Fsp3) is 0.0769. The maximum Gasteiger partial charge on any atom is 0.272 e. The van der Waals surface area contributed by atoms with Gasteiger partial charge in [-0.15, -0.1) is 0 Å². The van der Waals surface area contributed by atoms with Crippen molar-refractivity contribution < 1.29 is 14.1 Å². The Labute approximate surface area is 118 Å². The molecule has 1 heterocycles. The lowest BCUT2D eigenvalue weighted by Crippen LogP contribution is -2.13. The molecule has 21 heavy (non-hydrogen) atoms. The molecule has 0 aliphatic carbocycles. The molecule has 0 unspecified atom stereocenters. The maximum absolute atomic E-state index is 13.6. The van der Waals surface area contributed by atoms with E-state index in [0.29, 0.717) is 11.3 Å². The van der Waals surface area contributed by atoms with Crippen LogP contribution in [0, 0.1) is 21.3 Å². The van der Waals surface area contributed by atoms with E-state index < -0.39 is 10.7 Å². The van der Waals surface area contributed by atoms with E-state index in [4.69, 9.17) is 15.9 Å². The van der Waals surface area contributed by atoms with Crippen molar-refractivity contribution in [2.24, 2.45) is 5.73 Å². The van der Waals surface area contributed by atoms with E-state index in [9.17, 15) is 14.5 Å². The summed E-state index contributed by atoms with van der Waals surface area (Å²) in [5.74, 6) is -1.09. The minimum absolute atomic E-state index is 0.0253. The van der Waals surface area contributed by atoms with Crippen molar-refractivity contribution in [2.75, 3.05) is 0 Å². The highest BCUT2D eigenvalue weighted by Crippen LogP contribution is 2.23. The Morgan fingerprint density at radius 3 is 2.81 bits per heavy atom. The van der Waals surface area contributed by atoms with Crippen molar-refractivity contribution in [1.82, 2.24) is 4.98 Å². The van der Waals surface area contributed by atoms with E-state index in [1.54, 1.807) is 12.1 Å². The van der Waals surface area contributed by atoms with Gasteiger partial charge < -0.3 is 10.5 Å². The zero-order valence-corrected chi connectivity index (χ0v) is 10.7. The molecule has 0 aliphatic rings. The number of aromatic nitrogens is 1. The molecule has 0 fully saturated rings. The maximum atomic E-state index is 13.6. The van der Waals surface area contributed by atoms with Gasteiger partial charge in [0, 0.05) is 12.3 Å². The molecular formula is C13H11FN4O3. The number of nitrogens with two attached hydrogens (primary N) is 1. The summed E-state index contributed by atoms with van der Waals surface area (Å²) in [6.07, 6.45) is 1.46. The topological polar surface area (TPSA) is 115 Å². The van der Waals surface area contributed by atoms with Crippen LogP contribution in [0.3, 0.4) is 0 Å². The Balaban J connectivity index is 2.11. The van der Waals surface area contributed by atoms with Crippen LogP contribution in [0.25, 0.3) is 0 Å². The number of nitrogen functional groups attached to an aromatic ring is 1. The molecule has 0 atom stereocenters. The molecule has 3 N–H and O–H groups in total. The van der Waals surface area contributed by atoms with E-state index in [0.717, 1.165) is 12.1 Å². The zero-order chi connectivity index (χ0) is 15.4. The van der Waals surface area contributed by atoms with E-state index >= 15 is 0 Å². The van der Waals surface area contributed by atoms with Crippen LogP contribution in [0.1, 0.15) is 11.3 Å². The standard InChI is InChI=1S/C13H11FN4O3/c14-10-6-9(18(19)20)1-2-12(10)21-7-8-3-4-17-11(5-8)13(15)16/h1-6H,7H2,(H3,15,16). The normalized spacial score (nSPS) is 10.1. The number of hydrogen-bond acceptors (Lipinski definition) is 5. The summed E-state index contributed by atoms with van der Waals surface area (Å²) in [7, 11) is 0. The predicted octanol–water partition coefficient (Wildman–Crippen LogP) is 1.99. The molecule has 0 aliphatic heterocycles. The van der Waals surface area contributed by atoms with Crippen LogP contribution in [-0.4, -0.2) is 15.7 Å². The van der Waals surface area contributed by atoms with E-state index in [-0.39, 0.29) is 23.9 Å². The fourth-order valence-electron chi connectivity index (χ4n) is 1.59. The molecule has 0 saturated carbocycles. The Hall–Kier alpha value is -3.03. The molecule has 2 rings (SSSR count). The lowest BCUT2D eigenvalue weighted by atomic mass is 10.2. The van der Waals surface area contributed by atoms with Crippen molar-refractivity contribution in [3.63, 3.8) is 0 Å². The number of ether oxygens (including phenoxy) is 1. The molecule has 0 spiro atoms. The van der Waals surface area contributed by atoms with Crippen LogP contribution in [0.2, 0.25) is 0 Å². The quantitative estimate of drug-likeness (QED) is 0.378. The number of non-ortho nitro benzene ring substituents is 1. The van der Waals surface area contributed by atoms with E-state index in [2.05, 4.69) is 4.98 Å². The van der Waals surface area contributed by atoms with Gasteiger partial charge >= 0.3 is 0 Å². The monoisotopic (exact) mass is 290 g/mol. The van der Waals surface area contributed by atoms with Crippen LogP contribution < -0.4 is 10.5 Å². The third-order valence-corrected chi connectivity index (χ3v) is 2.62. The van der Waals surface area contributed by atoms with E-state index in [1.165, 1.54) is 12.3 Å². The second kappa shape index (κ2) is 5.95. The molecule has 7 nitrogen and oxygen atoms in total.